The zero-order chi connectivity index (χ0) is 29.5. The van der Waals surface area contributed by atoms with Gasteiger partial charge < -0.3 is 10.2 Å². The fraction of sp³-hybridized carbons (Fsp3) is 0.389. The van der Waals surface area contributed by atoms with Gasteiger partial charge in [0.1, 0.15) is 0 Å². The first-order chi connectivity index (χ1) is 20.4. The van der Waals surface area contributed by atoms with Crippen molar-refractivity contribution in [2.45, 2.75) is 82.8 Å². The summed E-state index contributed by atoms with van der Waals surface area (Å²) >= 11 is 1.47. The van der Waals surface area contributed by atoms with E-state index in [9.17, 15) is 9.59 Å². The maximum atomic E-state index is 13.9. The van der Waals surface area contributed by atoms with Crippen molar-refractivity contribution in [3.05, 3.63) is 100.0 Å². The number of nitrogens with one attached hydrogen (secondary N) is 1. The first-order valence-corrected chi connectivity index (χ1v) is 16.2. The van der Waals surface area contributed by atoms with Gasteiger partial charge in [0.25, 0.3) is 11.8 Å². The molecular formula is C36H43N3O2S. The molecule has 1 unspecified atom stereocenters. The number of rotatable bonds is 10. The van der Waals surface area contributed by atoms with Crippen LogP contribution in [0, 0.1) is 6.92 Å². The van der Waals surface area contributed by atoms with Crippen molar-refractivity contribution in [2.75, 3.05) is 18.0 Å². The molecule has 0 aromatic heterocycles. The topological polar surface area (TPSA) is 52.7 Å². The first kappa shape index (κ1) is 30.1. The van der Waals surface area contributed by atoms with Gasteiger partial charge in [0.2, 0.25) is 0 Å². The summed E-state index contributed by atoms with van der Waals surface area (Å²) in [6, 6.07) is 25.1. The normalized spacial score (nSPS) is 17.4. The number of anilines is 1. The predicted molar refractivity (Wildman–Crippen MR) is 175 cm³/mol. The maximum absolute atomic E-state index is 13.9. The largest absolute Gasteiger partial charge is 0.351 e. The molecule has 1 fully saturated rings. The van der Waals surface area contributed by atoms with E-state index >= 15 is 0 Å². The Balaban J connectivity index is 1.36. The highest BCUT2D eigenvalue weighted by Gasteiger charge is 2.30. The second-order valence-corrected chi connectivity index (χ2v) is 12.7. The molecule has 0 radical (unpaired) electrons. The lowest BCUT2D eigenvalue weighted by Gasteiger charge is -2.38. The van der Waals surface area contributed by atoms with E-state index in [0.29, 0.717) is 35.6 Å². The van der Waals surface area contributed by atoms with Crippen LogP contribution in [0.5, 0.6) is 0 Å². The van der Waals surface area contributed by atoms with E-state index in [1.807, 2.05) is 71.6 Å². The van der Waals surface area contributed by atoms with Crippen molar-refractivity contribution in [1.82, 2.24) is 10.2 Å². The summed E-state index contributed by atoms with van der Waals surface area (Å²) < 4.78 is 0. The Bertz CT molecular complexity index is 1410. The van der Waals surface area contributed by atoms with E-state index in [1.165, 1.54) is 43.9 Å². The van der Waals surface area contributed by atoms with Gasteiger partial charge in [-0.25, -0.2) is 0 Å². The van der Waals surface area contributed by atoms with Crippen LogP contribution >= 0.6 is 11.8 Å². The third kappa shape index (κ3) is 7.34. The molecule has 5 nitrogen and oxygen atoms in total. The Kier molecular flexibility index (Phi) is 10.2. The standard InChI is InChI=1S/C36H43N3O2S/c1-4-27(3)38(31-16-9-6-10-17-31)21-20-37-35(40)30-18-19-33-32(24-30)39(25-29-15-11-12-26(2)22-29)36(41)34(42-33)23-28-13-7-5-8-14-28/h5,7-8,11-15,18-19,22-24,27,31H,4,6,9-10,16-17,20-21,25H2,1-3H3,(H,37,40). The van der Waals surface area contributed by atoms with Crippen molar-refractivity contribution in [3.8, 4) is 0 Å². The molecule has 0 saturated heterocycles. The molecule has 220 valence electrons. The van der Waals surface area contributed by atoms with Gasteiger partial charge in [-0.2, -0.15) is 0 Å². The van der Waals surface area contributed by atoms with Crippen molar-refractivity contribution >= 4 is 35.3 Å². The molecule has 2 aliphatic rings. The summed E-state index contributed by atoms with van der Waals surface area (Å²) in [5.41, 5.74) is 4.57. The number of benzene rings is 3. The monoisotopic (exact) mass is 581 g/mol. The minimum atomic E-state index is -0.0934. The molecule has 5 rings (SSSR count). The molecule has 42 heavy (non-hydrogen) atoms. The zero-order valence-electron chi connectivity index (χ0n) is 25.1. The molecule has 1 aliphatic carbocycles. The fourth-order valence-electron chi connectivity index (χ4n) is 6.11. The predicted octanol–water partition coefficient (Wildman–Crippen LogP) is 7.84. The van der Waals surface area contributed by atoms with E-state index in [0.717, 1.165) is 40.2 Å². The van der Waals surface area contributed by atoms with Gasteiger partial charge in [0.15, 0.2) is 0 Å². The molecule has 3 aromatic rings. The minimum absolute atomic E-state index is 0.0490. The quantitative estimate of drug-likeness (QED) is 0.248. The Labute approximate surface area is 255 Å². The number of fused-ring (bicyclic) bond motifs is 1. The van der Waals surface area contributed by atoms with Crippen LogP contribution in [-0.2, 0) is 11.3 Å². The average Bonchev–Trinajstić information content (AvgIpc) is 3.01. The lowest BCUT2D eigenvalue weighted by Crippen LogP contribution is -2.46. The number of carbonyl (C=O) groups is 2. The highest BCUT2D eigenvalue weighted by Crippen LogP contribution is 2.43. The summed E-state index contributed by atoms with van der Waals surface area (Å²) in [6.45, 7) is 8.52. The van der Waals surface area contributed by atoms with Crippen LogP contribution in [0.4, 0.5) is 5.69 Å². The third-order valence-corrected chi connectivity index (χ3v) is 9.64. The van der Waals surface area contributed by atoms with Crippen molar-refractivity contribution in [3.63, 3.8) is 0 Å². The Morgan fingerprint density at radius 3 is 2.57 bits per heavy atom. The fourth-order valence-corrected chi connectivity index (χ4v) is 7.15. The molecule has 0 spiro atoms. The SMILES string of the molecule is CCC(C)N(CCNC(=O)c1ccc2c(c1)N(Cc1cccc(C)c1)C(=O)C(=Cc1ccccc1)S2)C1CCCCC1. The summed E-state index contributed by atoms with van der Waals surface area (Å²) in [7, 11) is 0. The number of aryl methyl sites for hydroxylation is 1. The van der Waals surface area contributed by atoms with Gasteiger partial charge in [-0.05, 0) is 68.5 Å². The van der Waals surface area contributed by atoms with Crippen LogP contribution in [0.25, 0.3) is 6.08 Å². The van der Waals surface area contributed by atoms with Crippen molar-refractivity contribution in [1.29, 1.82) is 0 Å². The molecule has 6 heteroatoms. The molecule has 3 aromatic carbocycles. The number of thioether (sulfide) groups is 1. The molecular weight excluding hydrogens is 538 g/mol. The van der Waals surface area contributed by atoms with Crippen molar-refractivity contribution < 1.29 is 9.59 Å². The van der Waals surface area contributed by atoms with Gasteiger partial charge in [0, 0.05) is 35.6 Å². The summed E-state index contributed by atoms with van der Waals surface area (Å²) in [6.07, 6.45) is 9.52. The smallest absolute Gasteiger partial charge is 0.265 e. The van der Waals surface area contributed by atoms with Gasteiger partial charge in [0.05, 0.1) is 17.1 Å². The van der Waals surface area contributed by atoms with Crippen LogP contribution < -0.4 is 10.2 Å². The van der Waals surface area contributed by atoms with E-state index in [4.69, 9.17) is 0 Å². The van der Waals surface area contributed by atoms with Crippen LogP contribution in [0.2, 0.25) is 0 Å². The van der Waals surface area contributed by atoms with Crippen LogP contribution in [0.1, 0.15) is 79.4 Å². The Morgan fingerprint density at radius 1 is 1.05 bits per heavy atom. The molecule has 1 saturated carbocycles. The number of hydrogen-bond acceptors (Lipinski definition) is 4. The zero-order valence-corrected chi connectivity index (χ0v) is 26.0. The molecule has 0 bridgehead atoms. The summed E-state index contributed by atoms with van der Waals surface area (Å²) in [4.78, 5) is 33.3. The number of hydrogen-bond donors (Lipinski definition) is 1. The van der Waals surface area contributed by atoms with E-state index in [2.05, 4.69) is 43.1 Å². The van der Waals surface area contributed by atoms with Gasteiger partial charge in [-0.1, -0.05) is 98.1 Å². The molecule has 2 amide bonds. The lowest BCUT2D eigenvalue weighted by atomic mass is 9.93. The van der Waals surface area contributed by atoms with Crippen LogP contribution in [0.15, 0.2) is 82.6 Å². The highest BCUT2D eigenvalue weighted by molar-refractivity contribution is 8.04. The molecule has 1 heterocycles. The molecule has 1 aliphatic heterocycles. The van der Waals surface area contributed by atoms with Crippen LogP contribution in [-0.4, -0.2) is 41.9 Å². The maximum Gasteiger partial charge on any atom is 0.265 e. The Hall–Kier alpha value is -3.35. The number of carbonyl (C=O) groups excluding carboxylic acids is 2. The minimum Gasteiger partial charge on any atom is -0.351 e. The van der Waals surface area contributed by atoms with Crippen LogP contribution in [0.3, 0.4) is 0 Å². The summed E-state index contributed by atoms with van der Waals surface area (Å²) in [5, 5.41) is 3.18. The number of nitrogens with zero attached hydrogens (tertiary/aromatic N) is 2. The number of amides is 2. The van der Waals surface area contributed by atoms with E-state index in [1.54, 1.807) is 0 Å². The van der Waals surface area contributed by atoms with Gasteiger partial charge in [-0.3, -0.25) is 14.5 Å². The van der Waals surface area contributed by atoms with E-state index in [-0.39, 0.29) is 11.8 Å². The third-order valence-electron chi connectivity index (χ3n) is 8.56. The highest BCUT2D eigenvalue weighted by atomic mass is 32.2. The van der Waals surface area contributed by atoms with E-state index < -0.39 is 0 Å². The lowest BCUT2D eigenvalue weighted by molar-refractivity contribution is -0.114. The average molecular weight is 582 g/mol. The van der Waals surface area contributed by atoms with Gasteiger partial charge in [-0.15, -0.1) is 0 Å². The second kappa shape index (κ2) is 14.2. The molecule has 1 N–H and O–H groups in total. The second-order valence-electron chi connectivity index (χ2n) is 11.6. The van der Waals surface area contributed by atoms with Gasteiger partial charge >= 0.3 is 0 Å². The van der Waals surface area contributed by atoms with Crippen molar-refractivity contribution in [2.24, 2.45) is 0 Å². The molecule has 1 atom stereocenters. The first-order valence-electron chi connectivity index (χ1n) is 15.4. The Morgan fingerprint density at radius 2 is 1.83 bits per heavy atom. The summed E-state index contributed by atoms with van der Waals surface area (Å²) in [5.74, 6) is -0.142.